The van der Waals surface area contributed by atoms with Crippen LogP contribution in [0.15, 0.2) is 0 Å². The lowest BCUT2D eigenvalue weighted by Crippen LogP contribution is -2.37. The average molecular weight is 226 g/mol. The van der Waals surface area contributed by atoms with Gasteiger partial charge in [0.05, 0.1) is 5.75 Å². The van der Waals surface area contributed by atoms with Crippen LogP contribution in [0.25, 0.3) is 0 Å². The largest absolute Gasteiger partial charge is 0.214 e. The summed E-state index contributed by atoms with van der Waals surface area (Å²) in [6.07, 6.45) is 2.53. The van der Waals surface area contributed by atoms with Gasteiger partial charge >= 0.3 is 0 Å². The summed E-state index contributed by atoms with van der Waals surface area (Å²) in [6, 6.07) is 0.0400. The molecule has 3 nitrogen and oxygen atoms in total. The van der Waals surface area contributed by atoms with E-state index in [1.54, 1.807) is 4.31 Å². The van der Waals surface area contributed by atoms with Crippen LogP contribution in [-0.2, 0) is 10.0 Å². The molecule has 0 N–H and O–H groups in total. The van der Waals surface area contributed by atoms with E-state index in [1.165, 1.54) is 0 Å². The molecule has 0 aromatic rings. The van der Waals surface area contributed by atoms with Gasteiger partial charge < -0.3 is 0 Å². The summed E-state index contributed by atoms with van der Waals surface area (Å²) in [5.41, 5.74) is 0. The number of alkyl halides is 1. The Hall–Kier alpha value is 0.200. The highest BCUT2D eigenvalue weighted by Crippen LogP contribution is 2.22. The minimum Gasteiger partial charge on any atom is -0.212 e. The molecule has 0 spiro atoms. The van der Waals surface area contributed by atoms with Crippen LogP contribution in [0.5, 0.6) is 0 Å². The van der Waals surface area contributed by atoms with E-state index < -0.39 is 10.0 Å². The van der Waals surface area contributed by atoms with Crippen LogP contribution in [0.3, 0.4) is 0 Å². The minimum absolute atomic E-state index is 0.0400. The normalized spacial score (nSPS) is 25.2. The summed E-state index contributed by atoms with van der Waals surface area (Å²) in [5, 5.41) is 0. The first-order valence-electron chi connectivity index (χ1n) is 4.67. The monoisotopic (exact) mass is 225 g/mol. The molecule has 0 aromatic heterocycles. The summed E-state index contributed by atoms with van der Waals surface area (Å²) >= 11 is 5.70. The number of sulfonamides is 1. The van der Waals surface area contributed by atoms with Crippen molar-refractivity contribution in [2.45, 2.75) is 32.2 Å². The first-order valence-corrected chi connectivity index (χ1v) is 6.81. The SMILES string of the molecule is CCCS(=O)(=O)N1CCC[C@H]1CCl. The lowest BCUT2D eigenvalue weighted by Gasteiger charge is -2.21. The zero-order valence-electron chi connectivity index (χ0n) is 7.87. The molecule has 0 unspecified atom stereocenters. The van der Waals surface area contributed by atoms with Gasteiger partial charge in [0.25, 0.3) is 0 Å². The number of rotatable bonds is 4. The van der Waals surface area contributed by atoms with E-state index in [9.17, 15) is 8.42 Å². The van der Waals surface area contributed by atoms with Crippen molar-refractivity contribution in [3.05, 3.63) is 0 Å². The van der Waals surface area contributed by atoms with Gasteiger partial charge in [0.2, 0.25) is 10.0 Å². The van der Waals surface area contributed by atoms with E-state index >= 15 is 0 Å². The van der Waals surface area contributed by atoms with Gasteiger partial charge in [-0.2, -0.15) is 4.31 Å². The molecule has 0 bridgehead atoms. The molecule has 78 valence electrons. The van der Waals surface area contributed by atoms with Gasteiger partial charge in [-0.05, 0) is 19.3 Å². The van der Waals surface area contributed by atoms with E-state index in [-0.39, 0.29) is 11.8 Å². The maximum absolute atomic E-state index is 11.7. The maximum Gasteiger partial charge on any atom is 0.214 e. The predicted octanol–water partition coefficient (Wildman–Crippen LogP) is 1.43. The van der Waals surface area contributed by atoms with Gasteiger partial charge in [-0.15, -0.1) is 11.6 Å². The molecule has 0 saturated carbocycles. The Morgan fingerprint density at radius 1 is 1.54 bits per heavy atom. The molecule has 1 aliphatic heterocycles. The lowest BCUT2D eigenvalue weighted by molar-refractivity contribution is 0.411. The first-order chi connectivity index (χ1) is 6.11. The molecular formula is C8H16ClNO2S. The first kappa shape index (κ1) is 11.3. The fraction of sp³-hybridized carbons (Fsp3) is 1.00. The van der Waals surface area contributed by atoms with E-state index in [4.69, 9.17) is 11.6 Å². The molecule has 1 fully saturated rings. The van der Waals surface area contributed by atoms with E-state index in [0.717, 1.165) is 12.8 Å². The molecule has 0 aromatic carbocycles. The van der Waals surface area contributed by atoms with E-state index in [2.05, 4.69) is 0 Å². The van der Waals surface area contributed by atoms with Crippen molar-refractivity contribution in [2.24, 2.45) is 0 Å². The number of hydrogen-bond acceptors (Lipinski definition) is 2. The molecule has 0 amide bonds. The molecular weight excluding hydrogens is 210 g/mol. The summed E-state index contributed by atoms with van der Waals surface area (Å²) in [6.45, 7) is 2.53. The Bertz CT molecular complexity index is 253. The van der Waals surface area contributed by atoms with Crippen LogP contribution in [0.2, 0.25) is 0 Å². The van der Waals surface area contributed by atoms with Gasteiger partial charge in [-0.25, -0.2) is 8.42 Å². The standard InChI is InChI=1S/C8H16ClNO2S/c1-2-6-13(11,12)10-5-3-4-8(10)7-9/h8H,2-7H2,1H3/t8-/m0/s1. The Balaban J connectivity index is 2.69. The van der Waals surface area contributed by atoms with Crippen molar-refractivity contribution in [1.29, 1.82) is 0 Å². The number of halogens is 1. The lowest BCUT2D eigenvalue weighted by atomic mass is 10.3. The van der Waals surface area contributed by atoms with Crippen LogP contribution < -0.4 is 0 Å². The van der Waals surface area contributed by atoms with Crippen molar-refractivity contribution < 1.29 is 8.42 Å². The van der Waals surface area contributed by atoms with Gasteiger partial charge in [0.1, 0.15) is 0 Å². The molecule has 1 aliphatic rings. The second-order valence-corrected chi connectivity index (χ2v) is 5.73. The molecule has 5 heteroatoms. The smallest absolute Gasteiger partial charge is 0.212 e. The van der Waals surface area contributed by atoms with Crippen molar-refractivity contribution in [1.82, 2.24) is 4.31 Å². The highest BCUT2D eigenvalue weighted by atomic mass is 35.5. The highest BCUT2D eigenvalue weighted by molar-refractivity contribution is 7.89. The van der Waals surface area contributed by atoms with Crippen molar-refractivity contribution >= 4 is 21.6 Å². The second kappa shape index (κ2) is 4.62. The third-order valence-electron chi connectivity index (χ3n) is 2.32. The van der Waals surface area contributed by atoms with Crippen LogP contribution in [-0.4, -0.2) is 36.9 Å². The quantitative estimate of drug-likeness (QED) is 0.679. The van der Waals surface area contributed by atoms with Crippen molar-refractivity contribution in [2.75, 3.05) is 18.2 Å². The van der Waals surface area contributed by atoms with Crippen LogP contribution in [0, 0.1) is 0 Å². The average Bonchev–Trinajstić information content (AvgIpc) is 2.51. The van der Waals surface area contributed by atoms with E-state index in [1.807, 2.05) is 6.92 Å². The van der Waals surface area contributed by atoms with Gasteiger partial charge in [-0.3, -0.25) is 0 Å². The molecule has 13 heavy (non-hydrogen) atoms. The second-order valence-electron chi connectivity index (χ2n) is 3.38. The zero-order valence-corrected chi connectivity index (χ0v) is 9.44. The summed E-state index contributed by atoms with van der Waals surface area (Å²) in [4.78, 5) is 0. The van der Waals surface area contributed by atoms with Crippen LogP contribution in [0.1, 0.15) is 26.2 Å². The summed E-state index contributed by atoms with van der Waals surface area (Å²) in [7, 11) is -3.02. The van der Waals surface area contributed by atoms with Crippen LogP contribution >= 0.6 is 11.6 Å². The van der Waals surface area contributed by atoms with Gasteiger partial charge in [0, 0.05) is 18.5 Å². The predicted molar refractivity (Wildman–Crippen MR) is 54.5 cm³/mol. The minimum atomic E-state index is -3.02. The molecule has 1 rings (SSSR count). The zero-order chi connectivity index (χ0) is 9.90. The Labute approximate surface area is 85.1 Å². The van der Waals surface area contributed by atoms with Gasteiger partial charge in [-0.1, -0.05) is 6.92 Å². The summed E-state index contributed by atoms with van der Waals surface area (Å²) in [5.74, 6) is 0.670. The maximum atomic E-state index is 11.7. The fourth-order valence-corrected chi connectivity index (χ4v) is 3.90. The Morgan fingerprint density at radius 3 is 2.77 bits per heavy atom. The van der Waals surface area contributed by atoms with E-state index in [0.29, 0.717) is 18.8 Å². The molecule has 0 radical (unpaired) electrons. The molecule has 0 aliphatic carbocycles. The number of hydrogen-bond donors (Lipinski definition) is 0. The molecule has 1 heterocycles. The Kier molecular flexibility index (Phi) is 4.01. The fourth-order valence-electron chi connectivity index (χ4n) is 1.70. The summed E-state index contributed by atoms with van der Waals surface area (Å²) < 4.78 is 24.9. The molecule has 1 saturated heterocycles. The molecule has 1 atom stereocenters. The third-order valence-corrected chi connectivity index (χ3v) is 4.80. The van der Waals surface area contributed by atoms with Gasteiger partial charge in [0.15, 0.2) is 0 Å². The topological polar surface area (TPSA) is 37.4 Å². The number of nitrogens with zero attached hydrogens (tertiary/aromatic N) is 1. The third kappa shape index (κ3) is 2.58. The van der Waals surface area contributed by atoms with Crippen molar-refractivity contribution in [3.63, 3.8) is 0 Å². The highest BCUT2D eigenvalue weighted by Gasteiger charge is 2.32. The Morgan fingerprint density at radius 2 is 2.23 bits per heavy atom. The van der Waals surface area contributed by atoms with Crippen LogP contribution in [0.4, 0.5) is 0 Å². The van der Waals surface area contributed by atoms with Crippen molar-refractivity contribution in [3.8, 4) is 0 Å².